The van der Waals surface area contributed by atoms with Crippen LogP contribution < -0.4 is 21.7 Å². The summed E-state index contributed by atoms with van der Waals surface area (Å²) in [6.45, 7) is 4.81. The molecule has 2 aliphatic heterocycles. The molecule has 0 radical (unpaired) electrons. The van der Waals surface area contributed by atoms with E-state index in [0.717, 1.165) is 31.1 Å². The van der Waals surface area contributed by atoms with Gasteiger partial charge in [0.2, 0.25) is 0 Å². The van der Waals surface area contributed by atoms with Crippen LogP contribution in [0.25, 0.3) is 0 Å². The molecule has 2 atom stereocenters. The number of rotatable bonds is 3. The van der Waals surface area contributed by atoms with Crippen LogP contribution in [0.5, 0.6) is 0 Å². The highest BCUT2D eigenvalue weighted by molar-refractivity contribution is 7.18. The van der Waals surface area contributed by atoms with Gasteiger partial charge in [0.1, 0.15) is 10.7 Å². The first kappa shape index (κ1) is 14.6. The Labute approximate surface area is 127 Å². The number of carbonyl (C=O) groups excluding carboxylic acids is 1. The van der Waals surface area contributed by atoms with Crippen LogP contribution in [-0.4, -0.2) is 48.8 Å². The Morgan fingerprint density at radius 2 is 2.43 bits per heavy atom. The Morgan fingerprint density at radius 3 is 3.05 bits per heavy atom. The molecular weight excluding hydrogens is 290 g/mol. The molecular formula is C13H21N5O2S. The maximum Gasteiger partial charge on any atom is 0.265 e. The molecule has 1 amide bonds. The molecule has 0 aliphatic carbocycles. The molecule has 2 saturated heterocycles. The molecule has 5 N–H and O–H groups in total. The van der Waals surface area contributed by atoms with E-state index >= 15 is 0 Å². The van der Waals surface area contributed by atoms with Gasteiger partial charge in [-0.3, -0.25) is 4.79 Å². The molecule has 0 saturated carbocycles. The number of nitrogens with two attached hydrogens (primary N) is 2. The number of nitrogens with zero attached hydrogens (tertiary/aromatic N) is 2. The molecule has 116 valence electrons. The summed E-state index contributed by atoms with van der Waals surface area (Å²) in [6, 6.07) is 0.168. The van der Waals surface area contributed by atoms with Gasteiger partial charge in [0.05, 0.1) is 12.1 Å². The Bertz CT molecular complexity index is 541. The summed E-state index contributed by atoms with van der Waals surface area (Å²) >= 11 is 1.33. The van der Waals surface area contributed by atoms with Gasteiger partial charge < -0.3 is 26.4 Å². The third kappa shape index (κ3) is 2.97. The van der Waals surface area contributed by atoms with Gasteiger partial charge in [0.25, 0.3) is 5.91 Å². The highest BCUT2D eigenvalue weighted by Gasteiger charge is 2.33. The molecule has 1 aromatic rings. The van der Waals surface area contributed by atoms with Crippen molar-refractivity contribution in [2.45, 2.75) is 31.3 Å². The molecule has 0 spiro atoms. The van der Waals surface area contributed by atoms with Crippen LogP contribution in [0.1, 0.15) is 29.4 Å². The third-order valence-electron chi connectivity index (χ3n) is 3.98. The first-order valence-electron chi connectivity index (χ1n) is 7.14. The fourth-order valence-electron chi connectivity index (χ4n) is 2.68. The van der Waals surface area contributed by atoms with Gasteiger partial charge in [0, 0.05) is 25.7 Å². The smallest absolute Gasteiger partial charge is 0.265 e. The van der Waals surface area contributed by atoms with E-state index < -0.39 is 0 Å². The summed E-state index contributed by atoms with van der Waals surface area (Å²) in [5.41, 5.74) is 11.5. The Hall–Kier alpha value is -1.38. The number of amides is 1. The Morgan fingerprint density at radius 1 is 1.62 bits per heavy atom. The van der Waals surface area contributed by atoms with Crippen LogP contribution in [-0.2, 0) is 4.74 Å². The second-order valence-corrected chi connectivity index (χ2v) is 7.00. The van der Waals surface area contributed by atoms with Crippen LogP contribution in [0.3, 0.4) is 0 Å². The van der Waals surface area contributed by atoms with Crippen LogP contribution in [0.15, 0.2) is 0 Å². The molecule has 7 nitrogen and oxygen atoms in total. The van der Waals surface area contributed by atoms with Crippen molar-refractivity contribution < 1.29 is 9.53 Å². The van der Waals surface area contributed by atoms with Gasteiger partial charge in [-0.05, 0) is 19.8 Å². The van der Waals surface area contributed by atoms with Gasteiger partial charge in [-0.2, -0.15) is 0 Å². The van der Waals surface area contributed by atoms with Crippen LogP contribution in [0, 0.1) is 0 Å². The maximum absolute atomic E-state index is 12.4. The number of hydrogen-bond acceptors (Lipinski definition) is 7. The molecule has 1 aromatic heterocycles. The molecule has 21 heavy (non-hydrogen) atoms. The summed E-state index contributed by atoms with van der Waals surface area (Å²) in [6.07, 6.45) is 1.75. The maximum atomic E-state index is 12.4. The van der Waals surface area contributed by atoms with E-state index in [2.05, 4.69) is 15.2 Å². The lowest BCUT2D eigenvalue weighted by molar-refractivity contribution is 0.0894. The number of nitrogens with one attached hydrogen (secondary N) is 1. The third-order valence-corrected chi connectivity index (χ3v) is 5.11. The van der Waals surface area contributed by atoms with Gasteiger partial charge in [-0.15, -0.1) is 0 Å². The van der Waals surface area contributed by atoms with Crippen molar-refractivity contribution in [2.75, 3.05) is 36.9 Å². The number of hydrogen-bond donors (Lipinski definition) is 3. The first-order chi connectivity index (χ1) is 9.97. The fraction of sp³-hybridized carbons (Fsp3) is 0.692. The van der Waals surface area contributed by atoms with Gasteiger partial charge >= 0.3 is 0 Å². The van der Waals surface area contributed by atoms with E-state index in [-0.39, 0.29) is 23.3 Å². The van der Waals surface area contributed by atoms with E-state index in [1.807, 2.05) is 6.92 Å². The molecule has 0 aromatic carbocycles. The number of thiazole rings is 1. The van der Waals surface area contributed by atoms with Crippen molar-refractivity contribution in [3.05, 3.63) is 4.88 Å². The summed E-state index contributed by atoms with van der Waals surface area (Å²) in [4.78, 5) is 19.3. The van der Waals surface area contributed by atoms with Crippen LogP contribution >= 0.6 is 11.3 Å². The van der Waals surface area contributed by atoms with E-state index in [1.54, 1.807) is 0 Å². The minimum Gasteiger partial charge on any atom is -0.382 e. The average Bonchev–Trinajstić information content (AvgIpc) is 3.10. The summed E-state index contributed by atoms with van der Waals surface area (Å²) in [5, 5.41) is 3.78. The van der Waals surface area contributed by atoms with E-state index in [9.17, 15) is 4.79 Å². The molecule has 2 fully saturated rings. The number of anilines is 2. The van der Waals surface area contributed by atoms with Crippen molar-refractivity contribution in [1.82, 2.24) is 10.3 Å². The lowest BCUT2D eigenvalue weighted by atomic mass is 10.0. The highest BCUT2D eigenvalue weighted by atomic mass is 32.1. The quantitative estimate of drug-likeness (QED) is 0.735. The summed E-state index contributed by atoms with van der Waals surface area (Å²) in [5.74, 6) is 0.114. The molecule has 2 aliphatic rings. The number of carbonyl (C=O) groups is 1. The number of aromatic nitrogens is 1. The standard InChI is InChI=1S/C13H21N5O2S/c1-13(3-5-20-7-13)17-11(19)9-10(15)16-12(21-9)18-4-2-8(14)6-18/h8H,2-7,14-15H2,1H3,(H,17,19). The molecule has 3 heterocycles. The minimum atomic E-state index is -0.316. The minimum absolute atomic E-state index is 0.168. The predicted molar refractivity (Wildman–Crippen MR) is 82.6 cm³/mol. The van der Waals surface area contributed by atoms with Gasteiger partial charge in [-0.25, -0.2) is 4.98 Å². The van der Waals surface area contributed by atoms with Gasteiger partial charge in [0.15, 0.2) is 5.13 Å². The molecule has 2 unspecified atom stereocenters. The lowest BCUT2D eigenvalue weighted by Gasteiger charge is -2.23. The van der Waals surface area contributed by atoms with Gasteiger partial charge in [-0.1, -0.05) is 11.3 Å². The second-order valence-electron chi connectivity index (χ2n) is 6.02. The van der Waals surface area contributed by atoms with Crippen molar-refractivity contribution in [3.8, 4) is 0 Å². The average molecular weight is 311 g/mol. The molecule has 8 heteroatoms. The predicted octanol–water partition coefficient (Wildman–Crippen LogP) is 0.172. The van der Waals surface area contributed by atoms with Crippen LogP contribution in [0.2, 0.25) is 0 Å². The summed E-state index contributed by atoms with van der Waals surface area (Å²) in [7, 11) is 0. The van der Waals surface area contributed by atoms with Crippen molar-refractivity contribution >= 4 is 28.2 Å². The zero-order valence-electron chi connectivity index (χ0n) is 12.1. The number of nitrogen functional groups attached to an aromatic ring is 1. The highest BCUT2D eigenvalue weighted by Crippen LogP contribution is 2.31. The van der Waals surface area contributed by atoms with Crippen molar-refractivity contribution in [1.29, 1.82) is 0 Å². The normalized spacial score (nSPS) is 29.0. The monoisotopic (exact) mass is 311 g/mol. The Kier molecular flexibility index (Phi) is 3.76. The zero-order valence-corrected chi connectivity index (χ0v) is 12.9. The topological polar surface area (TPSA) is 106 Å². The van der Waals surface area contributed by atoms with Crippen LogP contribution in [0.4, 0.5) is 10.9 Å². The number of ether oxygens (including phenoxy) is 1. The van der Waals surface area contributed by atoms with E-state index in [4.69, 9.17) is 16.2 Å². The lowest BCUT2D eigenvalue weighted by Crippen LogP contribution is -2.46. The Balaban J connectivity index is 1.73. The van der Waals surface area contributed by atoms with Crippen molar-refractivity contribution in [3.63, 3.8) is 0 Å². The first-order valence-corrected chi connectivity index (χ1v) is 7.96. The second kappa shape index (κ2) is 5.43. The molecule has 3 rings (SSSR count). The molecule has 0 bridgehead atoms. The van der Waals surface area contributed by atoms with Crippen molar-refractivity contribution in [2.24, 2.45) is 5.73 Å². The fourth-order valence-corrected chi connectivity index (χ4v) is 3.59. The summed E-state index contributed by atoms with van der Waals surface area (Å²) < 4.78 is 5.35. The van der Waals surface area contributed by atoms with E-state index in [1.165, 1.54) is 11.3 Å². The largest absolute Gasteiger partial charge is 0.382 e. The van der Waals surface area contributed by atoms with E-state index in [0.29, 0.717) is 18.1 Å². The SMILES string of the molecule is CC1(NC(=O)c2sc(N3CCC(N)C3)nc2N)CCOC1. The zero-order chi connectivity index (χ0) is 15.0.